The number of ether oxygens (including phenoxy) is 2. The molecule has 0 aromatic heterocycles. The molecule has 1 rings (SSSR count). The van der Waals surface area contributed by atoms with Crippen LogP contribution >= 0.6 is 0 Å². The first-order valence-electron chi connectivity index (χ1n) is 11.5. The second-order valence-electron chi connectivity index (χ2n) is 8.45. The lowest BCUT2D eigenvalue weighted by Crippen LogP contribution is -2.55. The summed E-state index contributed by atoms with van der Waals surface area (Å²) in [5, 5.41) is 2.63. The van der Waals surface area contributed by atoms with Crippen molar-refractivity contribution in [3.63, 3.8) is 0 Å². The molecule has 0 saturated carbocycles. The minimum atomic E-state index is -1.45. The van der Waals surface area contributed by atoms with E-state index in [9.17, 15) is 14.4 Å². The van der Waals surface area contributed by atoms with Gasteiger partial charge in [0.25, 0.3) is 0 Å². The SMILES string of the molecule is CCCCCCCCc1ccc(C(F)CC(COC(C)=O)(COC(C)=O)NC(C)=O)cc1. The monoisotopic (exact) mass is 451 g/mol. The Hall–Kier alpha value is -2.44. The Bertz CT molecular complexity index is 702. The lowest BCUT2D eigenvalue weighted by molar-refractivity contribution is -0.151. The first-order valence-corrected chi connectivity index (χ1v) is 11.5. The largest absolute Gasteiger partial charge is 0.463 e. The summed E-state index contributed by atoms with van der Waals surface area (Å²) >= 11 is 0. The molecule has 6 nitrogen and oxygen atoms in total. The number of aryl methyl sites for hydroxylation is 1. The van der Waals surface area contributed by atoms with Crippen LogP contribution in [0.15, 0.2) is 24.3 Å². The molecule has 7 heteroatoms. The van der Waals surface area contributed by atoms with E-state index >= 15 is 4.39 Å². The average Bonchev–Trinajstić information content (AvgIpc) is 2.73. The molecule has 0 radical (unpaired) electrons. The van der Waals surface area contributed by atoms with Crippen LogP contribution in [0.5, 0.6) is 0 Å². The van der Waals surface area contributed by atoms with Crippen LogP contribution in [0.25, 0.3) is 0 Å². The molecule has 180 valence electrons. The molecule has 1 N–H and O–H groups in total. The van der Waals surface area contributed by atoms with Crippen LogP contribution < -0.4 is 5.32 Å². The van der Waals surface area contributed by atoms with Crippen molar-refractivity contribution in [2.24, 2.45) is 0 Å². The van der Waals surface area contributed by atoms with Crippen molar-refractivity contribution in [3.8, 4) is 0 Å². The maximum atomic E-state index is 15.3. The molecule has 1 aromatic rings. The summed E-state index contributed by atoms with van der Waals surface area (Å²) in [6.07, 6.45) is 6.64. The van der Waals surface area contributed by atoms with Gasteiger partial charge in [0.05, 0.1) is 0 Å². The zero-order valence-electron chi connectivity index (χ0n) is 19.9. The van der Waals surface area contributed by atoms with Crippen molar-refractivity contribution < 1.29 is 28.2 Å². The number of nitrogens with one attached hydrogen (secondary N) is 1. The second-order valence-corrected chi connectivity index (χ2v) is 8.45. The summed E-state index contributed by atoms with van der Waals surface area (Å²) in [5.41, 5.74) is 0.251. The number of halogens is 1. The third kappa shape index (κ3) is 11.3. The number of esters is 2. The molecular weight excluding hydrogens is 413 g/mol. The molecule has 0 aliphatic carbocycles. The van der Waals surface area contributed by atoms with Crippen LogP contribution in [-0.4, -0.2) is 36.6 Å². The number of alkyl halides is 1. The first-order chi connectivity index (χ1) is 15.2. The summed E-state index contributed by atoms with van der Waals surface area (Å²) in [4.78, 5) is 34.4. The van der Waals surface area contributed by atoms with Crippen LogP contribution in [0, 0.1) is 0 Å². The molecule has 0 bridgehead atoms. The molecule has 1 amide bonds. The maximum Gasteiger partial charge on any atom is 0.302 e. The standard InChI is InChI=1S/C25H38FNO5/c1-5-6-7-8-9-10-11-22-12-14-23(15-13-22)24(26)16-25(27-19(2)28,17-31-20(3)29)18-32-21(4)30/h12-15,24H,5-11,16-18H2,1-4H3,(H,27,28). The van der Waals surface area contributed by atoms with E-state index in [0.29, 0.717) is 5.56 Å². The molecule has 0 spiro atoms. The Kier molecular flexibility index (Phi) is 12.6. The van der Waals surface area contributed by atoms with Crippen LogP contribution in [0.3, 0.4) is 0 Å². The van der Waals surface area contributed by atoms with Crippen molar-refractivity contribution in [1.29, 1.82) is 0 Å². The number of carbonyl (C=O) groups excluding carboxylic acids is 3. The minimum Gasteiger partial charge on any atom is -0.463 e. The predicted molar refractivity (Wildman–Crippen MR) is 122 cm³/mol. The summed E-state index contributed by atoms with van der Waals surface area (Å²) in [7, 11) is 0. The molecule has 0 fully saturated rings. The van der Waals surface area contributed by atoms with E-state index in [0.717, 1.165) is 18.4 Å². The van der Waals surface area contributed by atoms with Gasteiger partial charge in [-0.15, -0.1) is 0 Å². The molecule has 1 aromatic carbocycles. The van der Waals surface area contributed by atoms with Gasteiger partial charge in [-0.25, -0.2) is 4.39 Å². The van der Waals surface area contributed by atoms with E-state index in [4.69, 9.17) is 9.47 Å². The van der Waals surface area contributed by atoms with Gasteiger partial charge >= 0.3 is 11.9 Å². The van der Waals surface area contributed by atoms with E-state index < -0.39 is 29.6 Å². The highest BCUT2D eigenvalue weighted by molar-refractivity contribution is 5.74. The number of hydrogen-bond donors (Lipinski definition) is 1. The Morgan fingerprint density at radius 2 is 1.44 bits per heavy atom. The van der Waals surface area contributed by atoms with Crippen LogP contribution in [0.4, 0.5) is 4.39 Å². The molecule has 32 heavy (non-hydrogen) atoms. The number of hydrogen-bond acceptors (Lipinski definition) is 5. The smallest absolute Gasteiger partial charge is 0.302 e. The predicted octanol–water partition coefficient (Wildman–Crippen LogP) is 4.99. The Morgan fingerprint density at radius 3 is 1.94 bits per heavy atom. The van der Waals surface area contributed by atoms with Gasteiger partial charge in [0, 0.05) is 27.2 Å². The van der Waals surface area contributed by atoms with E-state index in [1.807, 2.05) is 12.1 Å². The number of amides is 1. The van der Waals surface area contributed by atoms with E-state index in [2.05, 4.69) is 12.2 Å². The van der Waals surface area contributed by atoms with Gasteiger partial charge in [0.15, 0.2) is 0 Å². The summed E-state index contributed by atoms with van der Waals surface area (Å²) in [6, 6.07) is 7.33. The Balaban J connectivity index is 2.81. The van der Waals surface area contributed by atoms with Gasteiger partial charge in [-0.2, -0.15) is 0 Å². The van der Waals surface area contributed by atoms with E-state index in [1.165, 1.54) is 52.9 Å². The van der Waals surface area contributed by atoms with Crippen LogP contribution in [-0.2, 0) is 30.3 Å². The highest BCUT2D eigenvalue weighted by atomic mass is 19.1. The molecule has 1 atom stereocenters. The topological polar surface area (TPSA) is 81.7 Å². The zero-order valence-corrected chi connectivity index (χ0v) is 19.9. The minimum absolute atomic E-state index is 0.204. The van der Waals surface area contributed by atoms with E-state index in [-0.39, 0.29) is 19.6 Å². The van der Waals surface area contributed by atoms with Crippen molar-refractivity contribution in [2.45, 2.75) is 90.8 Å². The third-order valence-electron chi connectivity index (χ3n) is 5.28. The van der Waals surface area contributed by atoms with Crippen LogP contribution in [0.1, 0.15) is 89.9 Å². The first kappa shape index (κ1) is 27.6. The fraction of sp³-hybridized carbons (Fsp3) is 0.640. The van der Waals surface area contributed by atoms with Gasteiger partial charge in [-0.3, -0.25) is 14.4 Å². The Morgan fingerprint density at radius 1 is 0.906 bits per heavy atom. The van der Waals surface area contributed by atoms with Gasteiger partial charge < -0.3 is 14.8 Å². The van der Waals surface area contributed by atoms with Gasteiger partial charge in [0.1, 0.15) is 24.9 Å². The van der Waals surface area contributed by atoms with Gasteiger partial charge in [-0.1, -0.05) is 63.3 Å². The summed E-state index contributed by atoms with van der Waals surface area (Å²) in [6.45, 7) is 5.32. The number of rotatable bonds is 15. The highest BCUT2D eigenvalue weighted by Crippen LogP contribution is 2.29. The fourth-order valence-corrected chi connectivity index (χ4v) is 3.60. The lowest BCUT2D eigenvalue weighted by atomic mass is 9.90. The zero-order chi connectivity index (χ0) is 24.0. The van der Waals surface area contributed by atoms with Crippen molar-refractivity contribution in [3.05, 3.63) is 35.4 Å². The maximum absolute atomic E-state index is 15.3. The third-order valence-corrected chi connectivity index (χ3v) is 5.28. The number of unbranched alkanes of at least 4 members (excludes halogenated alkanes) is 5. The van der Waals surface area contributed by atoms with Crippen molar-refractivity contribution in [1.82, 2.24) is 5.32 Å². The molecule has 1 unspecified atom stereocenters. The average molecular weight is 452 g/mol. The van der Waals surface area contributed by atoms with Crippen LogP contribution in [0.2, 0.25) is 0 Å². The highest BCUT2D eigenvalue weighted by Gasteiger charge is 2.37. The molecule has 0 aliphatic heterocycles. The normalized spacial score (nSPS) is 12.2. The molecular formula is C25H38FNO5. The molecule has 0 heterocycles. The van der Waals surface area contributed by atoms with Gasteiger partial charge in [-0.05, 0) is 24.0 Å². The quantitative estimate of drug-likeness (QED) is 0.300. The molecule has 0 aliphatic rings. The van der Waals surface area contributed by atoms with Crippen molar-refractivity contribution >= 4 is 17.8 Å². The lowest BCUT2D eigenvalue weighted by Gasteiger charge is -2.34. The summed E-state index contributed by atoms with van der Waals surface area (Å²) in [5.74, 6) is -1.58. The van der Waals surface area contributed by atoms with Gasteiger partial charge in [0.2, 0.25) is 5.91 Å². The molecule has 0 saturated heterocycles. The summed E-state index contributed by atoms with van der Waals surface area (Å²) < 4.78 is 25.4. The number of benzene rings is 1. The number of carbonyl (C=O) groups is 3. The van der Waals surface area contributed by atoms with E-state index in [1.54, 1.807) is 12.1 Å². The Labute approximate surface area is 191 Å². The van der Waals surface area contributed by atoms with Crippen molar-refractivity contribution in [2.75, 3.05) is 13.2 Å². The fourth-order valence-electron chi connectivity index (χ4n) is 3.60. The second kappa shape index (κ2) is 14.6.